The molecule has 0 bridgehead atoms. The Labute approximate surface area is 202 Å². The van der Waals surface area contributed by atoms with Gasteiger partial charge in [-0.25, -0.2) is 9.97 Å². The zero-order valence-electron chi connectivity index (χ0n) is 18.0. The van der Waals surface area contributed by atoms with Gasteiger partial charge in [0.2, 0.25) is 5.91 Å². The molecule has 7 nitrogen and oxygen atoms in total. The number of anilines is 1. The summed E-state index contributed by atoms with van der Waals surface area (Å²) >= 11 is 2.57. The van der Waals surface area contributed by atoms with Gasteiger partial charge in [0.15, 0.2) is 16.1 Å². The lowest BCUT2D eigenvalue weighted by Gasteiger charge is -2.13. The third kappa shape index (κ3) is 4.35. The van der Waals surface area contributed by atoms with E-state index in [0.717, 1.165) is 10.2 Å². The molecule has 3 aromatic carbocycles. The van der Waals surface area contributed by atoms with Crippen molar-refractivity contribution in [2.45, 2.75) is 12.1 Å². The third-order valence-corrected chi connectivity index (χ3v) is 7.04. The Morgan fingerprint density at radius 3 is 2.38 bits per heavy atom. The van der Waals surface area contributed by atoms with Gasteiger partial charge in [-0.15, -0.1) is 0 Å². The van der Waals surface area contributed by atoms with Crippen molar-refractivity contribution in [3.8, 4) is 5.69 Å². The molecule has 0 aliphatic rings. The first-order valence-electron chi connectivity index (χ1n) is 10.4. The van der Waals surface area contributed by atoms with E-state index >= 15 is 0 Å². The van der Waals surface area contributed by atoms with Crippen molar-refractivity contribution in [3.05, 3.63) is 88.7 Å². The quantitative estimate of drug-likeness (QED) is 0.208. The zero-order chi connectivity index (χ0) is 23.7. The summed E-state index contributed by atoms with van der Waals surface area (Å²) in [5, 5.41) is 4.21. The molecule has 0 aliphatic heterocycles. The van der Waals surface area contributed by atoms with Gasteiger partial charge in [0.1, 0.15) is 0 Å². The predicted octanol–water partition coefficient (Wildman–Crippen LogP) is 4.93. The average Bonchev–Trinajstić information content (AvgIpc) is 3.25. The molecular formula is C25H18N4O3S2. The second-order valence-corrected chi connectivity index (χ2v) is 9.45. The molecule has 5 rings (SSSR count). The maximum Gasteiger partial charge on any atom is 0.266 e. The van der Waals surface area contributed by atoms with Crippen LogP contribution in [0.1, 0.15) is 17.3 Å². The van der Waals surface area contributed by atoms with E-state index in [2.05, 4.69) is 15.3 Å². The van der Waals surface area contributed by atoms with Crippen molar-refractivity contribution in [1.29, 1.82) is 0 Å². The van der Waals surface area contributed by atoms with Gasteiger partial charge in [-0.1, -0.05) is 47.4 Å². The molecule has 2 aromatic heterocycles. The molecule has 1 N–H and O–H groups in total. The van der Waals surface area contributed by atoms with Crippen molar-refractivity contribution >= 4 is 61.0 Å². The van der Waals surface area contributed by atoms with Gasteiger partial charge in [-0.05, 0) is 55.5 Å². The Balaban J connectivity index is 1.45. The average molecular weight is 487 g/mol. The Bertz CT molecular complexity index is 1570. The Morgan fingerprint density at radius 1 is 0.941 bits per heavy atom. The highest BCUT2D eigenvalue weighted by Gasteiger charge is 2.16. The van der Waals surface area contributed by atoms with Crippen LogP contribution in [0.25, 0.3) is 26.8 Å². The number of thiazole rings is 1. The number of nitrogens with one attached hydrogen (secondary N) is 1. The van der Waals surface area contributed by atoms with Crippen molar-refractivity contribution in [2.75, 3.05) is 11.1 Å². The number of ketones is 1. The molecule has 0 saturated heterocycles. The number of thioether (sulfide) groups is 1. The Morgan fingerprint density at radius 2 is 1.65 bits per heavy atom. The van der Waals surface area contributed by atoms with E-state index in [1.165, 1.54) is 34.6 Å². The molecular weight excluding hydrogens is 468 g/mol. The van der Waals surface area contributed by atoms with E-state index in [1.807, 2.05) is 30.3 Å². The molecule has 2 heterocycles. The number of nitrogens with zero attached hydrogens (tertiary/aromatic N) is 3. The highest BCUT2D eigenvalue weighted by molar-refractivity contribution is 7.99. The highest BCUT2D eigenvalue weighted by Crippen LogP contribution is 2.26. The van der Waals surface area contributed by atoms with Gasteiger partial charge < -0.3 is 5.32 Å². The number of rotatable bonds is 6. The second kappa shape index (κ2) is 9.20. The number of fused-ring (bicyclic) bond motifs is 2. The molecule has 0 unspecified atom stereocenters. The second-order valence-electron chi connectivity index (χ2n) is 7.48. The molecule has 0 atom stereocenters. The molecule has 0 spiro atoms. The number of carbonyl (C=O) groups excluding carboxylic acids is 2. The summed E-state index contributed by atoms with van der Waals surface area (Å²) in [7, 11) is 0. The highest BCUT2D eigenvalue weighted by atomic mass is 32.2. The molecule has 168 valence electrons. The maximum atomic E-state index is 13.3. The summed E-state index contributed by atoms with van der Waals surface area (Å²) in [6.45, 7) is 1.49. The van der Waals surface area contributed by atoms with Crippen molar-refractivity contribution in [2.24, 2.45) is 0 Å². The van der Waals surface area contributed by atoms with Crippen LogP contribution in [0.5, 0.6) is 0 Å². The molecule has 0 radical (unpaired) electrons. The van der Waals surface area contributed by atoms with Gasteiger partial charge in [0, 0.05) is 5.56 Å². The lowest BCUT2D eigenvalue weighted by molar-refractivity contribution is -0.113. The fraction of sp³-hybridized carbons (Fsp3) is 0.0800. The van der Waals surface area contributed by atoms with Gasteiger partial charge in [-0.3, -0.25) is 19.0 Å². The summed E-state index contributed by atoms with van der Waals surface area (Å²) in [5.74, 6) is -0.256. The molecule has 0 fully saturated rings. The van der Waals surface area contributed by atoms with Crippen LogP contribution in [0.2, 0.25) is 0 Å². The molecule has 0 saturated carbocycles. The number of hydrogen-bond donors (Lipinski definition) is 1. The van der Waals surface area contributed by atoms with Crippen LogP contribution < -0.4 is 10.9 Å². The standard InChI is InChI=1S/C25H18N4O3S2/c1-15(30)16-10-12-17(13-11-16)29-23(32)18-6-2-3-7-19(18)27-25(29)33-14-22(31)28-24-26-20-8-4-5-9-21(20)34-24/h2-13H,14H2,1H3,(H,26,28,31). The van der Waals surface area contributed by atoms with E-state index in [1.54, 1.807) is 42.5 Å². The fourth-order valence-electron chi connectivity index (χ4n) is 3.49. The minimum absolute atomic E-state index is 0.0479. The van der Waals surface area contributed by atoms with Crippen molar-refractivity contribution in [1.82, 2.24) is 14.5 Å². The predicted molar refractivity (Wildman–Crippen MR) is 136 cm³/mol. The smallest absolute Gasteiger partial charge is 0.266 e. The number of amides is 1. The minimum atomic E-state index is -0.245. The maximum absolute atomic E-state index is 13.3. The SMILES string of the molecule is CC(=O)c1ccc(-n2c(SCC(=O)Nc3nc4ccccc4s3)nc3ccccc3c2=O)cc1. The molecule has 1 amide bonds. The Kier molecular flexibility index (Phi) is 5.95. The fourth-order valence-corrected chi connectivity index (χ4v) is 5.19. The van der Waals surface area contributed by atoms with E-state index < -0.39 is 0 Å². The summed E-state index contributed by atoms with van der Waals surface area (Å²) in [6, 6.07) is 21.5. The Hall–Kier alpha value is -3.82. The summed E-state index contributed by atoms with van der Waals surface area (Å²) < 4.78 is 2.46. The summed E-state index contributed by atoms with van der Waals surface area (Å²) in [5.41, 5.74) is 2.26. The number of hydrogen-bond acceptors (Lipinski definition) is 7. The van der Waals surface area contributed by atoms with Crippen LogP contribution in [0.3, 0.4) is 0 Å². The number of aromatic nitrogens is 3. The van der Waals surface area contributed by atoms with E-state index in [4.69, 9.17) is 0 Å². The van der Waals surface area contributed by atoms with Crippen LogP contribution in [-0.2, 0) is 4.79 Å². The lowest BCUT2D eigenvalue weighted by Crippen LogP contribution is -2.23. The molecule has 0 aliphatic carbocycles. The van der Waals surface area contributed by atoms with E-state index in [9.17, 15) is 14.4 Å². The monoisotopic (exact) mass is 486 g/mol. The number of para-hydroxylation sites is 2. The molecule has 5 aromatic rings. The summed E-state index contributed by atoms with van der Waals surface area (Å²) in [6.07, 6.45) is 0. The lowest BCUT2D eigenvalue weighted by atomic mass is 10.1. The zero-order valence-corrected chi connectivity index (χ0v) is 19.7. The van der Waals surface area contributed by atoms with Crippen LogP contribution >= 0.6 is 23.1 Å². The van der Waals surface area contributed by atoms with Crippen molar-refractivity contribution < 1.29 is 9.59 Å². The van der Waals surface area contributed by atoms with Gasteiger partial charge >= 0.3 is 0 Å². The topological polar surface area (TPSA) is 93.9 Å². The molecule has 34 heavy (non-hydrogen) atoms. The largest absolute Gasteiger partial charge is 0.301 e. The first kappa shape index (κ1) is 22.0. The summed E-state index contributed by atoms with van der Waals surface area (Å²) in [4.78, 5) is 46.7. The van der Waals surface area contributed by atoms with E-state index in [-0.39, 0.29) is 23.0 Å². The normalized spacial score (nSPS) is 11.1. The van der Waals surface area contributed by atoms with Crippen LogP contribution in [0.15, 0.2) is 82.7 Å². The number of Topliss-reactive ketones (excluding diaryl/α,β-unsaturated/α-hetero) is 1. The number of carbonyl (C=O) groups is 2. The third-order valence-electron chi connectivity index (χ3n) is 5.15. The number of benzene rings is 3. The van der Waals surface area contributed by atoms with E-state index in [0.29, 0.717) is 32.4 Å². The van der Waals surface area contributed by atoms with Gasteiger partial charge in [-0.2, -0.15) is 0 Å². The first-order valence-corrected chi connectivity index (χ1v) is 12.2. The van der Waals surface area contributed by atoms with Gasteiger partial charge in [0.25, 0.3) is 5.56 Å². The van der Waals surface area contributed by atoms with Gasteiger partial charge in [0.05, 0.1) is 32.6 Å². The van der Waals surface area contributed by atoms with Crippen LogP contribution in [0.4, 0.5) is 5.13 Å². The van der Waals surface area contributed by atoms with Crippen LogP contribution in [-0.4, -0.2) is 32.0 Å². The first-order chi connectivity index (χ1) is 16.5. The minimum Gasteiger partial charge on any atom is -0.301 e. The van der Waals surface area contributed by atoms with Crippen LogP contribution in [0, 0.1) is 0 Å². The molecule has 9 heteroatoms. The van der Waals surface area contributed by atoms with Crippen molar-refractivity contribution in [3.63, 3.8) is 0 Å².